The van der Waals surface area contributed by atoms with E-state index in [1.54, 1.807) is 13.1 Å². The van der Waals surface area contributed by atoms with Crippen LogP contribution in [-0.4, -0.2) is 31.2 Å². The molecule has 19 heavy (non-hydrogen) atoms. The first-order chi connectivity index (χ1) is 9.19. The Hall–Kier alpha value is -1.82. The van der Waals surface area contributed by atoms with Crippen LogP contribution in [0.1, 0.15) is 19.3 Å². The summed E-state index contributed by atoms with van der Waals surface area (Å²) in [5.41, 5.74) is 1.58. The third kappa shape index (κ3) is 3.82. The average molecular weight is 265 g/mol. The van der Waals surface area contributed by atoms with Crippen LogP contribution in [0.5, 0.6) is 0 Å². The molecule has 2 rings (SSSR count). The van der Waals surface area contributed by atoms with Gasteiger partial charge in [-0.15, -0.1) is 0 Å². The molecule has 1 aromatic rings. The molecule has 1 fully saturated rings. The molecule has 104 valence electrons. The van der Waals surface area contributed by atoms with Crippen LogP contribution in [0.2, 0.25) is 0 Å². The minimum absolute atomic E-state index is 0.0893. The van der Waals surface area contributed by atoms with E-state index in [0.717, 1.165) is 43.8 Å². The third-order valence-electron chi connectivity index (χ3n) is 3.24. The average Bonchev–Trinajstić information content (AvgIpc) is 2.91. The minimum atomic E-state index is -0.383. The molecule has 0 spiro atoms. The van der Waals surface area contributed by atoms with Crippen molar-refractivity contribution in [2.75, 3.05) is 30.8 Å². The Labute approximate surface area is 112 Å². The van der Waals surface area contributed by atoms with E-state index < -0.39 is 0 Å². The number of nitro groups is 1. The van der Waals surface area contributed by atoms with E-state index in [-0.39, 0.29) is 10.6 Å². The zero-order chi connectivity index (χ0) is 13.7. The van der Waals surface area contributed by atoms with Gasteiger partial charge in [0.2, 0.25) is 0 Å². The van der Waals surface area contributed by atoms with Crippen LogP contribution >= 0.6 is 0 Å². The number of ether oxygens (including phenoxy) is 1. The monoisotopic (exact) mass is 265 g/mol. The molecule has 0 aliphatic carbocycles. The van der Waals surface area contributed by atoms with Crippen LogP contribution in [0.4, 0.5) is 17.1 Å². The first-order valence-electron chi connectivity index (χ1n) is 6.52. The first kappa shape index (κ1) is 13.6. The maximum atomic E-state index is 10.8. The second kappa shape index (κ2) is 6.38. The van der Waals surface area contributed by atoms with Crippen molar-refractivity contribution in [3.63, 3.8) is 0 Å². The Morgan fingerprint density at radius 3 is 2.84 bits per heavy atom. The highest BCUT2D eigenvalue weighted by atomic mass is 16.6. The number of nitrogens with zero attached hydrogens (tertiary/aromatic N) is 1. The van der Waals surface area contributed by atoms with Crippen molar-refractivity contribution in [3.05, 3.63) is 28.3 Å². The molecule has 1 saturated heterocycles. The lowest BCUT2D eigenvalue weighted by atomic mass is 10.2. The van der Waals surface area contributed by atoms with Gasteiger partial charge in [-0.3, -0.25) is 10.1 Å². The molecule has 1 unspecified atom stereocenters. The smallest absolute Gasteiger partial charge is 0.273 e. The van der Waals surface area contributed by atoms with Gasteiger partial charge >= 0.3 is 0 Å². The lowest BCUT2D eigenvalue weighted by Crippen LogP contribution is -2.12. The molecule has 1 aliphatic heterocycles. The first-order valence-corrected chi connectivity index (χ1v) is 6.52. The van der Waals surface area contributed by atoms with Crippen molar-refractivity contribution in [2.45, 2.75) is 25.4 Å². The fourth-order valence-electron chi connectivity index (χ4n) is 2.21. The van der Waals surface area contributed by atoms with Gasteiger partial charge in [0, 0.05) is 43.7 Å². The molecule has 0 aromatic heterocycles. The number of benzene rings is 1. The summed E-state index contributed by atoms with van der Waals surface area (Å²) in [6, 6.07) is 4.93. The van der Waals surface area contributed by atoms with Crippen LogP contribution in [0, 0.1) is 10.1 Å². The van der Waals surface area contributed by atoms with Gasteiger partial charge < -0.3 is 15.4 Å². The van der Waals surface area contributed by atoms with E-state index in [4.69, 9.17) is 4.74 Å². The number of anilines is 2. The number of non-ortho nitro benzene ring substituents is 1. The zero-order valence-corrected chi connectivity index (χ0v) is 11.0. The largest absolute Gasteiger partial charge is 0.388 e. The lowest BCUT2D eigenvalue weighted by Gasteiger charge is -2.12. The second-order valence-electron chi connectivity index (χ2n) is 4.63. The van der Waals surface area contributed by atoms with Crippen LogP contribution in [0.3, 0.4) is 0 Å². The van der Waals surface area contributed by atoms with Crippen molar-refractivity contribution in [2.24, 2.45) is 0 Å². The van der Waals surface area contributed by atoms with Gasteiger partial charge in [-0.05, 0) is 25.3 Å². The van der Waals surface area contributed by atoms with Crippen molar-refractivity contribution < 1.29 is 9.66 Å². The van der Waals surface area contributed by atoms with E-state index in [9.17, 15) is 10.1 Å². The van der Waals surface area contributed by atoms with Gasteiger partial charge in [0.15, 0.2) is 0 Å². The highest BCUT2D eigenvalue weighted by molar-refractivity contribution is 5.63. The van der Waals surface area contributed by atoms with Gasteiger partial charge in [-0.25, -0.2) is 0 Å². The number of nitrogens with one attached hydrogen (secondary N) is 2. The Morgan fingerprint density at radius 1 is 1.42 bits per heavy atom. The van der Waals surface area contributed by atoms with E-state index in [1.807, 2.05) is 6.07 Å². The van der Waals surface area contributed by atoms with Crippen molar-refractivity contribution >= 4 is 17.1 Å². The Kier molecular flexibility index (Phi) is 4.57. The highest BCUT2D eigenvalue weighted by Gasteiger charge is 2.15. The van der Waals surface area contributed by atoms with E-state index >= 15 is 0 Å². The molecule has 0 saturated carbocycles. The van der Waals surface area contributed by atoms with Crippen LogP contribution in [-0.2, 0) is 4.74 Å². The Morgan fingerprint density at radius 2 is 2.21 bits per heavy atom. The number of hydrogen-bond donors (Lipinski definition) is 2. The van der Waals surface area contributed by atoms with Crippen molar-refractivity contribution in [1.82, 2.24) is 0 Å². The SMILES string of the molecule is CNc1cc(NCCC2CCCO2)cc([N+](=O)[O-])c1. The summed E-state index contributed by atoms with van der Waals surface area (Å²) in [6.07, 6.45) is 3.50. The van der Waals surface area contributed by atoms with Gasteiger partial charge in [0.1, 0.15) is 0 Å². The molecular formula is C13H19N3O3. The summed E-state index contributed by atoms with van der Waals surface area (Å²) in [4.78, 5) is 10.5. The standard InChI is InChI=1S/C13H19N3O3/c1-14-10-7-11(9-12(8-10)16(17)18)15-5-4-13-3-2-6-19-13/h7-9,13-15H,2-6H2,1H3. The van der Waals surface area contributed by atoms with Crippen LogP contribution in [0.25, 0.3) is 0 Å². The number of rotatable bonds is 6. The summed E-state index contributed by atoms with van der Waals surface area (Å²) in [6.45, 7) is 1.61. The summed E-state index contributed by atoms with van der Waals surface area (Å²) < 4.78 is 5.54. The van der Waals surface area contributed by atoms with Crippen molar-refractivity contribution in [3.8, 4) is 0 Å². The molecule has 0 bridgehead atoms. The predicted octanol–water partition coefficient (Wildman–Crippen LogP) is 2.62. The fraction of sp³-hybridized carbons (Fsp3) is 0.538. The molecule has 1 aliphatic rings. The van der Waals surface area contributed by atoms with Crippen molar-refractivity contribution in [1.29, 1.82) is 0 Å². The summed E-state index contributed by atoms with van der Waals surface area (Å²) in [5.74, 6) is 0. The molecule has 1 aromatic carbocycles. The zero-order valence-electron chi connectivity index (χ0n) is 11.0. The van der Waals surface area contributed by atoms with E-state index in [2.05, 4.69) is 10.6 Å². The highest BCUT2D eigenvalue weighted by Crippen LogP contribution is 2.24. The van der Waals surface area contributed by atoms with Crippen LogP contribution < -0.4 is 10.6 Å². The lowest BCUT2D eigenvalue weighted by molar-refractivity contribution is -0.384. The van der Waals surface area contributed by atoms with Gasteiger partial charge in [0.05, 0.1) is 11.0 Å². The van der Waals surface area contributed by atoms with Gasteiger partial charge in [-0.2, -0.15) is 0 Å². The minimum Gasteiger partial charge on any atom is -0.388 e. The topological polar surface area (TPSA) is 76.4 Å². The third-order valence-corrected chi connectivity index (χ3v) is 3.24. The second-order valence-corrected chi connectivity index (χ2v) is 4.63. The van der Waals surface area contributed by atoms with E-state index in [0.29, 0.717) is 6.10 Å². The van der Waals surface area contributed by atoms with Gasteiger partial charge in [-0.1, -0.05) is 0 Å². The molecule has 0 radical (unpaired) electrons. The Balaban J connectivity index is 1.94. The quantitative estimate of drug-likeness (QED) is 0.610. The molecule has 6 nitrogen and oxygen atoms in total. The number of nitro benzene ring substituents is 1. The predicted molar refractivity (Wildman–Crippen MR) is 74.7 cm³/mol. The fourth-order valence-corrected chi connectivity index (χ4v) is 2.21. The summed E-state index contributed by atoms with van der Waals surface area (Å²) >= 11 is 0. The molecule has 1 heterocycles. The molecule has 0 amide bonds. The maximum absolute atomic E-state index is 10.8. The molecule has 1 atom stereocenters. The maximum Gasteiger partial charge on any atom is 0.273 e. The van der Waals surface area contributed by atoms with Crippen LogP contribution in [0.15, 0.2) is 18.2 Å². The normalized spacial score (nSPS) is 18.3. The number of hydrogen-bond acceptors (Lipinski definition) is 5. The molecule has 2 N–H and O–H groups in total. The molecular weight excluding hydrogens is 246 g/mol. The Bertz CT molecular complexity index is 445. The van der Waals surface area contributed by atoms with Gasteiger partial charge in [0.25, 0.3) is 5.69 Å². The summed E-state index contributed by atoms with van der Waals surface area (Å²) in [7, 11) is 1.75. The van der Waals surface area contributed by atoms with E-state index in [1.165, 1.54) is 6.07 Å². The summed E-state index contributed by atoms with van der Waals surface area (Å²) in [5, 5.41) is 17.0. The molecule has 6 heteroatoms.